The summed E-state index contributed by atoms with van der Waals surface area (Å²) in [5.41, 5.74) is 0. The van der Waals surface area contributed by atoms with E-state index in [9.17, 15) is 0 Å². The summed E-state index contributed by atoms with van der Waals surface area (Å²) in [6, 6.07) is 0. The molecule has 0 saturated heterocycles. The fourth-order valence-corrected chi connectivity index (χ4v) is 0.447. The van der Waals surface area contributed by atoms with Crippen molar-refractivity contribution in [3.63, 3.8) is 0 Å². The maximum atomic E-state index is 3.97. The minimum atomic E-state index is 0. The predicted molar refractivity (Wildman–Crippen MR) is 48.9 cm³/mol. The van der Waals surface area contributed by atoms with Crippen LogP contribution in [0.4, 0.5) is 0 Å². The average molecular weight is 203 g/mol. The fraction of sp³-hybridized carbons (Fsp3) is 1.00. The van der Waals surface area contributed by atoms with Crippen molar-refractivity contribution < 1.29 is 16.5 Å². The Bertz CT molecular complexity index is 33.1. The van der Waals surface area contributed by atoms with E-state index >= 15 is 0 Å². The van der Waals surface area contributed by atoms with Gasteiger partial charge in [0.05, 0.1) is 0 Å². The summed E-state index contributed by atoms with van der Waals surface area (Å²) >= 11 is 0. The number of nitrogens with zero attached hydrogens (tertiary/aromatic N) is 2. The van der Waals surface area contributed by atoms with E-state index in [1.807, 2.05) is 27.7 Å². The summed E-state index contributed by atoms with van der Waals surface area (Å²) in [5.74, 6) is 0. The van der Waals surface area contributed by atoms with Crippen molar-refractivity contribution in [2.24, 2.45) is 0 Å². The molecule has 0 aliphatic carbocycles. The van der Waals surface area contributed by atoms with E-state index in [1.165, 1.54) is 0 Å². The van der Waals surface area contributed by atoms with Crippen molar-refractivity contribution in [2.45, 2.75) is 27.7 Å². The Hall–Kier alpha value is 0.414. The van der Waals surface area contributed by atoms with Crippen LogP contribution in [0, 0.1) is 0 Å². The van der Waals surface area contributed by atoms with Crippen molar-refractivity contribution in [1.82, 2.24) is 0 Å². The smallest absolute Gasteiger partial charge is 0.663 e. The molecule has 0 fully saturated rings. The summed E-state index contributed by atoms with van der Waals surface area (Å²) in [6.07, 6.45) is 0. The third-order valence-corrected chi connectivity index (χ3v) is 0.894. The molecule has 0 aromatic carbocycles. The summed E-state index contributed by atoms with van der Waals surface area (Å²) < 4.78 is 0. The van der Waals surface area contributed by atoms with Crippen LogP contribution in [0.15, 0.2) is 0 Å². The van der Waals surface area contributed by atoms with E-state index in [1.54, 1.807) is 0 Å². The molecule has 0 radical (unpaired) electrons. The van der Waals surface area contributed by atoms with Crippen LogP contribution in [-0.4, -0.2) is 26.2 Å². The molecule has 0 bridgehead atoms. The predicted octanol–water partition coefficient (Wildman–Crippen LogP) is 2.80. The third-order valence-electron chi connectivity index (χ3n) is 0.894. The maximum absolute atomic E-state index is 3.97. The molecule has 0 saturated carbocycles. The Morgan fingerprint density at radius 2 is 0.818 bits per heavy atom. The quantitative estimate of drug-likeness (QED) is 0.628. The Morgan fingerprint density at radius 3 is 0.818 bits per heavy atom. The first kappa shape index (κ1) is 17.5. The zero-order valence-corrected chi connectivity index (χ0v) is 9.03. The monoisotopic (exact) mass is 202 g/mol. The number of hydrogen-bond donors (Lipinski definition) is 0. The van der Waals surface area contributed by atoms with Crippen LogP contribution >= 0.6 is 0 Å². The molecule has 0 amide bonds. The van der Waals surface area contributed by atoms with Gasteiger partial charge in [-0.25, -0.2) is 0 Å². The van der Waals surface area contributed by atoms with Gasteiger partial charge in [0, 0.05) is 0 Å². The molecule has 0 aliphatic rings. The second kappa shape index (κ2) is 22.4. The molecule has 0 atom stereocenters. The Kier molecular flexibility index (Phi) is 35.7. The summed E-state index contributed by atoms with van der Waals surface area (Å²) in [7, 11) is 0. The van der Waals surface area contributed by atoms with Crippen molar-refractivity contribution in [2.75, 3.05) is 26.2 Å². The fourth-order valence-electron chi connectivity index (χ4n) is 0.447. The van der Waals surface area contributed by atoms with Crippen LogP contribution < -0.4 is 0 Å². The van der Waals surface area contributed by atoms with Gasteiger partial charge in [-0.1, -0.05) is 27.7 Å². The molecule has 0 rings (SSSR count). The van der Waals surface area contributed by atoms with Crippen LogP contribution in [-0.2, 0) is 16.5 Å². The molecular formula is C8H20N2Ni. The van der Waals surface area contributed by atoms with Gasteiger partial charge in [-0.15, -0.1) is 0 Å². The van der Waals surface area contributed by atoms with Gasteiger partial charge in [0.25, 0.3) is 0 Å². The molecule has 72 valence electrons. The molecule has 0 heterocycles. The van der Waals surface area contributed by atoms with E-state index < -0.39 is 0 Å². The summed E-state index contributed by atoms with van der Waals surface area (Å²) in [4.78, 5) is 0. The molecule has 0 unspecified atom stereocenters. The van der Waals surface area contributed by atoms with Crippen LogP contribution in [0.2, 0.25) is 0 Å². The maximum Gasteiger partial charge on any atom is 2.00 e. The van der Waals surface area contributed by atoms with Gasteiger partial charge >= 0.3 is 16.5 Å². The molecule has 0 aliphatic heterocycles. The Labute approximate surface area is 81.4 Å². The number of rotatable bonds is 4. The summed E-state index contributed by atoms with van der Waals surface area (Å²) in [6.45, 7) is 12.1. The molecular weight excluding hydrogens is 183 g/mol. The molecule has 0 aromatic heterocycles. The van der Waals surface area contributed by atoms with Crippen LogP contribution in [0.3, 0.4) is 0 Å². The zero-order chi connectivity index (χ0) is 8.24. The second-order valence-electron chi connectivity index (χ2n) is 1.71. The molecule has 0 aromatic rings. The standard InChI is InChI=1S/2C4H10N.Ni/c2*1-3-5-4-2;/h2*3-4H2,1-2H3;/q2*-1;+2. The topological polar surface area (TPSA) is 28.2 Å². The van der Waals surface area contributed by atoms with Gasteiger partial charge in [-0.05, 0) is 0 Å². The van der Waals surface area contributed by atoms with Crippen LogP contribution in [0.25, 0.3) is 10.6 Å². The number of hydrogen-bond acceptors (Lipinski definition) is 0. The minimum Gasteiger partial charge on any atom is -0.663 e. The van der Waals surface area contributed by atoms with Crippen molar-refractivity contribution in [1.29, 1.82) is 0 Å². The second-order valence-corrected chi connectivity index (χ2v) is 1.71. The molecule has 11 heavy (non-hydrogen) atoms. The van der Waals surface area contributed by atoms with E-state index in [2.05, 4.69) is 10.6 Å². The molecule has 3 heteroatoms. The van der Waals surface area contributed by atoms with E-state index in [0.29, 0.717) is 0 Å². The van der Waals surface area contributed by atoms with Crippen molar-refractivity contribution in [3.05, 3.63) is 10.6 Å². The van der Waals surface area contributed by atoms with E-state index in [0.717, 1.165) is 26.2 Å². The van der Waals surface area contributed by atoms with Crippen molar-refractivity contribution in [3.8, 4) is 0 Å². The zero-order valence-electron chi connectivity index (χ0n) is 8.04. The van der Waals surface area contributed by atoms with E-state index in [-0.39, 0.29) is 16.5 Å². The van der Waals surface area contributed by atoms with Gasteiger partial charge in [0.1, 0.15) is 0 Å². The first-order chi connectivity index (χ1) is 4.83. The van der Waals surface area contributed by atoms with Crippen LogP contribution in [0.5, 0.6) is 0 Å². The first-order valence-corrected chi connectivity index (χ1v) is 4.09. The molecule has 2 nitrogen and oxygen atoms in total. The van der Waals surface area contributed by atoms with Gasteiger partial charge in [0.15, 0.2) is 0 Å². The molecule has 0 N–H and O–H groups in total. The third kappa shape index (κ3) is 37.8. The van der Waals surface area contributed by atoms with E-state index in [4.69, 9.17) is 0 Å². The van der Waals surface area contributed by atoms with Crippen molar-refractivity contribution >= 4 is 0 Å². The molecule has 0 spiro atoms. The SMILES string of the molecule is CC[N-]CC.CC[N-]CC.[Ni+2]. The average Bonchev–Trinajstić information content (AvgIpc) is 1.93. The Balaban J connectivity index is -0.000000107. The largest absolute Gasteiger partial charge is 2.00 e. The first-order valence-electron chi connectivity index (χ1n) is 4.09. The van der Waals surface area contributed by atoms with Crippen LogP contribution in [0.1, 0.15) is 27.7 Å². The van der Waals surface area contributed by atoms with Gasteiger partial charge in [0.2, 0.25) is 0 Å². The van der Waals surface area contributed by atoms with Gasteiger partial charge in [-0.2, -0.15) is 26.2 Å². The minimum absolute atomic E-state index is 0. The Morgan fingerprint density at radius 1 is 0.636 bits per heavy atom. The normalized spacial score (nSPS) is 7.64. The summed E-state index contributed by atoms with van der Waals surface area (Å²) in [5, 5.41) is 7.94. The van der Waals surface area contributed by atoms with Gasteiger partial charge in [-0.3, -0.25) is 0 Å². The van der Waals surface area contributed by atoms with Gasteiger partial charge < -0.3 is 10.6 Å².